The second-order valence-electron chi connectivity index (χ2n) is 5.52. The van der Waals surface area contributed by atoms with Crippen molar-refractivity contribution in [2.45, 2.75) is 12.5 Å². The summed E-state index contributed by atoms with van der Waals surface area (Å²) in [6.45, 7) is 0. The van der Waals surface area contributed by atoms with E-state index in [0.29, 0.717) is 16.9 Å². The number of halogens is 1. The largest absolute Gasteiger partial charge is 0.416 e. The number of para-hydroxylation sites is 1. The van der Waals surface area contributed by atoms with E-state index in [1.165, 1.54) is 17.2 Å². The second-order valence-corrected chi connectivity index (χ2v) is 6.63. The number of nitrogens with zero attached hydrogens (tertiary/aromatic N) is 4. The summed E-state index contributed by atoms with van der Waals surface area (Å²) in [5.41, 5.74) is 6.40. The number of rotatable bonds is 6. The van der Waals surface area contributed by atoms with E-state index in [9.17, 15) is 8.96 Å². The monoisotopic (exact) mass is 390 g/mol. The summed E-state index contributed by atoms with van der Waals surface area (Å²) in [6.07, 6.45) is 1.37. The van der Waals surface area contributed by atoms with Gasteiger partial charge >= 0.3 is 0 Å². The SMILES string of the molecule is Nc1ncnc2c1ncn2[C@@H]1O[C@H](OC[P](=O)Oc2ccccc2)C=C1F. The first-order valence-electron chi connectivity index (χ1n) is 7.87. The number of anilines is 1. The van der Waals surface area contributed by atoms with Gasteiger partial charge in [0.15, 0.2) is 36.2 Å². The predicted octanol–water partition coefficient (Wildman–Crippen LogP) is 2.91. The van der Waals surface area contributed by atoms with Gasteiger partial charge in [-0.1, -0.05) is 18.2 Å². The molecule has 3 aromatic rings. The van der Waals surface area contributed by atoms with Crippen LogP contribution in [0, 0.1) is 0 Å². The van der Waals surface area contributed by atoms with Crippen molar-refractivity contribution in [1.29, 1.82) is 0 Å². The first-order valence-corrected chi connectivity index (χ1v) is 9.23. The molecule has 27 heavy (non-hydrogen) atoms. The maximum Gasteiger partial charge on any atom is 0.294 e. The predicted molar refractivity (Wildman–Crippen MR) is 93.5 cm³/mol. The highest BCUT2D eigenvalue weighted by Gasteiger charge is 2.31. The van der Waals surface area contributed by atoms with E-state index in [-0.39, 0.29) is 12.2 Å². The third-order valence-electron chi connectivity index (χ3n) is 3.73. The van der Waals surface area contributed by atoms with E-state index in [2.05, 4.69) is 15.0 Å². The standard InChI is InChI=1S/C16H14FN5O4P/c17-11-6-12(24-9-27(23)26-10-4-2-1-3-5-10)25-16(11)22-8-21-13-14(18)19-7-20-15(13)22/h1-8,12,16H,9H2,(H2,18,19,20)/t12-,16+/m0/s1. The van der Waals surface area contributed by atoms with Crippen molar-refractivity contribution in [3.05, 3.63) is 54.9 Å². The third kappa shape index (κ3) is 3.63. The average molecular weight is 390 g/mol. The molecule has 9 nitrogen and oxygen atoms in total. The lowest BCUT2D eigenvalue weighted by Gasteiger charge is -2.16. The summed E-state index contributed by atoms with van der Waals surface area (Å²) in [6, 6.07) is 8.68. The number of aromatic nitrogens is 4. The molecule has 1 aliphatic heterocycles. The molecule has 0 saturated carbocycles. The van der Waals surface area contributed by atoms with E-state index < -0.39 is 26.4 Å². The number of ether oxygens (including phenoxy) is 2. The number of hydrogen-bond donors (Lipinski definition) is 1. The Balaban J connectivity index is 1.40. The molecule has 11 heteroatoms. The van der Waals surface area contributed by atoms with Crippen molar-refractivity contribution < 1.29 is 23.0 Å². The average Bonchev–Trinajstić information content (AvgIpc) is 3.25. The van der Waals surface area contributed by atoms with Gasteiger partial charge in [-0.05, 0) is 12.1 Å². The normalized spacial score (nSPS) is 19.9. The smallest absolute Gasteiger partial charge is 0.294 e. The summed E-state index contributed by atoms with van der Waals surface area (Å²) >= 11 is 0. The van der Waals surface area contributed by atoms with Crippen LogP contribution in [-0.4, -0.2) is 32.2 Å². The van der Waals surface area contributed by atoms with E-state index in [1.807, 2.05) is 6.07 Å². The minimum Gasteiger partial charge on any atom is -0.416 e. The molecule has 2 aromatic heterocycles. The van der Waals surface area contributed by atoms with Gasteiger partial charge < -0.3 is 19.7 Å². The fourth-order valence-corrected chi connectivity index (χ4v) is 3.21. The first kappa shape index (κ1) is 17.5. The van der Waals surface area contributed by atoms with Crippen LogP contribution in [0.2, 0.25) is 0 Å². The molecule has 0 amide bonds. The molecule has 1 unspecified atom stereocenters. The molecule has 3 atom stereocenters. The Kier molecular flexibility index (Phi) is 4.76. The number of nitrogens with two attached hydrogens (primary N) is 1. The van der Waals surface area contributed by atoms with Crippen LogP contribution in [0.15, 0.2) is 54.9 Å². The van der Waals surface area contributed by atoms with Crippen LogP contribution in [-0.2, 0) is 14.0 Å². The molecule has 0 fully saturated rings. The Labute approximate surface area is 153 Å². The van der Waals surface area contributed by atoms with E-state index in [1.54, 1.807) is 24.3 Å². The molecule has 139 valence electrons. The molecule has 3 heterocycles. The molecule has 0 bridgehead atoms. The van der Waals surface area contributed by atoms with Crippen LogP contribution in [0.3, 0.4) is 0 Å². The zero-order valence-electron chi connectivity index (χ0n) is 13.8. The lowest BCUT2D eigenvalue weighted by Crippen LogP contribution is -2.16. The highest BCUT2D eigenvalue weighted by molar-refractivity contribution is 7.39. The summed E-state index contributed by atoms with van der Waals surface area (Å²) in [4.78, 5) is 12.0. The Hall–Kier alpha value is -2.94. The highest BCUT2D eigenvalue weighted by atomic mass is 31.1. The molecular weight excluding hydrogens is 376 g/mol. The topological polar surface area (TPSA) is 114 Å². The Morgan fingerprint density at radius 1 is 1.26 bits per heavy atom. The summed E-state index contributed by atoms with van der Waals surface area (Å²) < 4.78 is 43.8. The third-order valence-corrected chi connectivity index (χ3v) is 4.50. The number of fused-ring (bicyclic) bond motifs is 1. The molecule has 0 spiro atoms. The van der Waals surface area contributed by atoms with Gasteiger partial charge in [0.2, 0.25) is 0 Å². The second kappa shape index (κ2) is 7.36. The minimum atomic E-state index is -2.14. The first-order chi connectivity index (χ1) is 13.1. The zero-order valence-corrected chi connectivity index (χ0v) is 14.7. The van der Waals surface area contributed by atoms with E-state index in [0.717, 1.165) is 6.08 Å². The van der Waals surface area contributed by atoms with Gasteiger partial charge in [-0.15, -0.1) is 0 Å². The van der Waals surface area contributed by atoms with Crippen LogP contribution in [0.25, 0.3) is 11.2 Å². The Morgan fingerprint density at radius 3 is 2.89 bits per heavy atom. The minimum absolute atomic E-state index is 0.184. The molecule has 1 aliphatic rings. The number of benzene rings is 1. The van der Waals surface area contributed by atoms with Gasteiger partial charge in [0.1, 0.15) is 17.6 Å². The number of hydrogen-bond acceptors (Lipinski definition) is 8. The number of imidazole rings is 1. The van der Waals surface area contributed by atoms with Crippen molar-refractivity contribution >= 4 is 25.0 Å². The Morgan fingerprint density at radius 2 is 2.07 bits per heavy atom. The Bertz CT molecular complexity index is 1010. The lowest BCUT2D eigenvalue weighted by atomic mass is 10.3. The van der Waals surface area contributed by atoms with E-state index >= 15 is 0 Å². The van der Waals surface area contributed by atoms with Gasteiger partial charge in [-0.25, -0.2) is 23.9 Å². The fraction of sp³-hybridized carbons (Fsp3) is 0.188. The molecule has 1 aromatic carbocycles. The maximum absolute atomic E-state index is 14.3. The van der Waals surface area contributed by atoms with Crippen LogP contribution >= 0.6 is 8.03 Å². The van der Waals surface area contributed by atoms with Gasteiger partial charge in [0, 0.05) is 6.08 Å². The number of nitrogen functional groups attached to an aromatic ring is 1. The maximum atomic E-state index is 14.3. The quantitative estimate of drug-likeness (QED) is 0.639. The van der Waals surface area contributed by atoms with Crippen molar-refractivity contribution in [3.8, 4) is 5.75 Å². The van der Waals surface area contributed by atoms with Crippen LogP contribution in [0.1, 0.15) is 6.23 Å². The fourth-order valence-electron chi connectivity index (χ4n) is 2.53. The zero-order chi connectivity index (χ0) is 18.8. The van der Waals surface area contributed by atoms with Crippen molar-refractivity contribution in [3.63, 3.8) is 0 Å². The van der Waals surface area contributed by atoms with Gasteiger partial charge in [-0.2, -0.15) is 0 Å². The van der Waals surface area contributed by atoms with Gasteiger partial charge in [0.25, 0.3) is 8.03 Å². The van der Waals surface area contributed by atoms with Crippen LogP contribution in [0.5, 0.6) is 5.75 Å². The lowest BCUT2D eigenvalue weighted by molar-refractivity contribution is -0.128. The summed E-state index contributed by atoms with van der Waals surface area (Å²) in [5, 5.41) is 0. The molecule has 0 saturated heterocycles. The summed E-state index contributed by atoms with van der Waals surface area (Å²) in [5.74, 6) is 0.0518. The van der Waals surface area contributed by atoms with Crippen molar-refractivity contribution in [2.75, 3.05) is 12.1 Å². The van der Waals surface area contributed by atoms with Crippen LogP contribution in [0.4, 0.5) is 10.2 Å². The highest BCUT2D eigenvalue weighted by Crippen LogP contribution is 2.34. The molecular formula is C16H14FN5O4P. The molecule has 1 radical (unpaired) electrons. The van der Waals surface area contributed by atoms with E-state index in [4.69, 9.17) is 19.7 Å². The molecule has 2 N–H and O–H groups in total. The van der Waals surface area contributed by atoms with Gasteiger partial charge in [-0.3, -0.25) is 4.57 Å². The molecule has 4 rings (SSSR count). The summed E-state index contributed by atoms with van der Waals surface area (Å²) in [7, 11) is -2.14. The molecule has 0 aliphatic carbocycles. The van der Waals surface area contributed by atoms with Crippen LogP contribution < -0.4 is 10.3 Å². The van der Waals surface area contributed by atoms with Crippen molar-refractivity contribution in [1.82, 2.24) is 19.5 Å². The van der Waals surface area contributed by atoms with Crippen molar-refractivity contribution in [2.24, 2.45) is 0 Å². The van der Waals surface area contributed by atoms with Gasteiger partial charge in [0.05, 0.1) is 6.33 Å².